The highest BCUT2D eigenvalue weighted by atomic mass is 33.5. The molecule has 1 aromatic rings. The number of aliphatic hydroxyl groups excluding tert-OH is 2. The molecule has 0 spiro atoms. The molecule has 3 nitrogen and oxygen atoms in total. The van der Waals surface area contributed by atoms with Crippen LogP contribution in [-0.4, -0.2) is 38.9 Å². The lowest BCUT2D eigenvalue weighted by Crippen LogP contribution is -1.95. The van der Waals surface area contributed by atoms with Crippen LogP contribution in [0.3, 0.4) is 0 Å². The highest BCUT2D eigenvalue weighted by Crippen LogP contribution is 2.34. The lowest BCUT2D eigenvalue weighted by Gasteiger charge is -2.08. The first-order chi connectivity index (χ1) is 26.5. The van der Waals surface area contributed by atoms with Crippen LogP contribution in [-0.2, 0) is 298 Å². The maximum atomic E-state index is 8.67. The Labute approximate surface area is 429 Å². The Bertz CT molecular complexity index is 2490. The van der Waals surface area contributed by atoms with E-state index in [4.69, 9.17) is 32.6 Å². The molecule has 1 aromatic heterocycles. The fourth-order valence-electron chi connectivity index (χ4n) is 1.67. The van der Waals surface area contributed by atoms with E-state index in [9.17, 15) is 0 Å². The van der Waals surface area contributed by atoms with E-state index < -0.39 is 0 Å². The third kappa shape index (κ3) is 59.4. The third-order valence-corrected chi connectivity index (χ3v) is 73.1. The Hall–Kier alpha value is 7.38. The second-order valence-electron chi connectivity index (χ2n) is 6.85. The van der Waals surface area contributed by atoms with Gasteiger partial charge in [-0.25, -0.2) is 4.98 Å². The molecule has 1 rings (SSSR count). The van der Waals surface area contributed by atoms with Crippen LogP contribution in [0.25, 0.3) is 0 Å². The molecule has 0 aliphatic heterocycles. The Morgan fingerprint density at radius 1 is 0.519 bits per heavy atom. The van der Waals surface area contributed by atoms with E-state index in [2.05, 4.69) is 24.5 Å². The third-order valence-electron chi connectivity index (χ3n) is 3.32. The molecular formula is C15H27NO2S36. The number of aliphatic hydroxyl groups is 2. The highest BCUT2D eigenvalue weighted by Gasteiger charge is 2.03. The predicted octanol–water partition coefficient (Wildman–Crippen LogP) is 3.98. The Morgan fingerprint density at radius 2 is 0.833 bits per heavy atom. The number of hydrogen-bond acceptors (Lipinski definition) is 8. The van der Waals surface area contributed by atoms with E-state index in [-0.39, 0.29) is 0 Å². The Morgan fingerprint density at radius 3 is 1.07 bits per heavy atom. The lowest BCUT2D eigenvalue weighted by molar-refractivity contribution is 0.284. The first-order valence-electron chi connectivity index (χ1n) is 12.6. The quantitative estimate of drug-likeness (QED) is 0.256. The van der Waals surface area contributed by atoms with Crippen LogP contribution in [0.1, 0.15) is 39.5 Å². The van der Waals surface area contributed by atoms with Crippen LogP contribution in [0.2, 0.25) is 0 Å². The molecule has 0 radical (unpaired) electrons. The van der Waals surface area contributed by atoms with E-state index in [1.165, 1.54) is 17.8 Å². The molecule has 2 unspecified atom stereocenters. The van der Waals surface area contributed by atoms with Gasteiger partial charge in [-0.2, -0.15) is 12.6 Å². The van der Waals surface area contributed by atoms with Crippen LogP contribution in [0, 0.1) is 0 Å². The van der Waals surface area contributed by atoms with Crippen molar-refractivity contribution < 1.29 is 10.2 Å². The zero-order valence-corrected chi connectivity index (χ0v) is 55.8. The molecule has 0 saturated heterocycles. The summed E-state index contributed by atoms with van der Waals surface area (Å²) >= 11 is 13.7. The minimum absolute atomic E-state index is 0.291. The molecule has 0 aliphatic carbocycles. The Kier molecular flexibility index (Phi) is 68.6. The summed E-state index contributed by atoms with van der Waals surface area (Å²) in [6.07, 6.45) is 5.64. The molecule has 0 amide bonds. The average molecular weight is 1410 g/mol. The summed E-state index contributed by atoms with van der Waals surface area (Å²) in [6.45, 7) is 4.79. The van der Waals surface area contributed by atoms with Gasteiger partial charge >= 0.3 is 0 Å². The molecular weight excluding hydrogens is 1380 g/mol. The predicted molar refractivity (Wildman–Crippen MR) is 341 cm³/mol. The summed E-state index contributed by atoms with van der Waals surface area (Å²) in [5.74, 6) is 0. The first kappa shape index (κ1) is 63.5. The van der Waals surface area contributed by atoms with Crippen molar-refractivity contribution in [2.75, 3.05) is 13.2 Å². The topological polar surface area (TPSA) is 53.4 Å². The molecule has 0 saturated carbocycles. The second kappa shape index (κ2) is 58.4. The van der Waals surface area contributed by atoms with Crippen LogP contribution in [0.4, 0.5) is 0 Å². The van der Waals surface area contributed by atoms with Crippen molar-refractivity contribution >= 4 is 332 Å². The van der Waals surface area contributed by atoms with Gasteiger partial charge in [-0.1, -0.05) is 30.7 Å². The van der Waals surface area contributed by atoms with E-state index in [1.54, 1.807) is 124 Å². The van der Waals surface area contributed by atoms with Crippen LogP contribution in [0.15, 0.2) is 29.4 Å². The summed E-state index contributed by atoms with van der Waals surface area (Å²) in [4.78, 5) is 4.22. The van der Waals surface area contributed by atoms with Gasteiger partial charge in [0.1, 0.15) is 5.03 Å². The van der Waals surface area contributed by atoms with Gasteiger partial charge in [-0.05, 0) is 53.9 Å². The minimum atomic E-state index is 0.291. The summed E-state index contributed by atoms with van der Waals surface area (Å²) in [5, 5.41) is 19.0. The summed E-state index contributed by atoms with van der Waals surface area (Å²) in [5.41, 5.74) is 0. The molecule has 1 heterocycles. The van der Waals surface area contributed by atoms with Crippen molar-refractivity contribution in [2.24, 2.45) is 0 Å². The van der Waals surface area contributed by atoms with Crippen molar-refractivity contribution in [3.8, 4) is 0 Å². The molecule has 0 aromatic carbocycles. The van der Waals surface area contributed by atoms with Gasteiger partial charge in [0.25, 0.3) is 0 Å². The number of thiol groups is 1. The number of pyridine rings is 1. The van der Waals surface area contributed by atoms with E-state index in [1.807, 2.05) is 187 Å². The van der Waals surface area contributed by atoms with Gasteiger partial charge in [0.2, 0.25) is 0 Å². The van der Waals surface area contributed by atoms with E-state index in [0.717, 1.165) is 30.7 Å². The number of hydrogen-bond donors (Lipinski definition) is 3. The molecule has 39 heteroatoms. The highest BCUT2D eigenvalue weighted by molar-refractivity contribution is 8.80. The van der Waals surface area contributed by atoms with Gasteiger partial charge in [0.05, 0.1) is 0 Å². The summed E-state index contributed by atoms with van der Waals surface area (Å²) < 4.78 is 0. The van der Waals surface area contributed by atoms with Crippen LogP contribution >= 0.6 is 34.2 Å². The Balaban J connectivity index is 0. The van der Waals surface area contributed by atoms with Crippen LogP contribution in [0.5, 0.6) is 0 Å². The first-order valence-corrected chi connectivity index (χ1v) is 58.0. The number of rotatable bonds is 9. The van der Waals surface area contributed by atoms with Gasteiger partial charge < -0.3 is 10.2 Å². The molecule has 320 valence electrons. The van der Waals surface area contributed by atoms with Crippen molar-refractivity contribution in [1.29, 1.82) is 0 Å². The standard InChI is InChI=1S/C10H15NOS2.C5H12OS.S33/c1-9(5-4-8-12)13-14-10-6-2-3-7-11-10;1-5(7)3-2-4-6;1-3-5-7-9-11-13-15-17-19-21-23-25-27-29-31-33-32-30-28-26-24-22-20-18-16-14-12-10-8-6-4-2/h2-3,6-7,9,12H,4-5,8H2,1H3;5-7H,2-4H2,1H3;. The zero-order chi connectivity index (χ0) is 39.8. The van der Waals surface area contributed by atoms with E-state index >= 15 is 0 Å². The molecule has 54 heavy (non-hydrogen) atoms. The lowest BCUT2D eigenvalue weighted by atomic mass is 10.3. The maximum Gasteiger partial charge on any atom is 0.106 e. The number of nitrogens with zero attached hydrogens (tertiary/aromatic N) is 1. The largest absolute Gasteiger partial charge is 0.396 e. The van der Waals surface area contributed by atoms with Crippen molar-refractivity contribution in [3.05, 3.63) is 24.4 Å². The van der Waals surface area contributed by atoms with Crippen molar-refractivity contribution in [1.82, 2.24) is 4.98 Å². The van der Waals surface area contributed by atoms with Gasteiger partial charge in [-0.3, -0.25) is 0 Å². The molecule has 0 aliphatic rings. The summed E-state index contributed by atoms with van der Waals surface area (Å²) in [7, 11) is 58.1. The monoisotopic (exact) mass is 1400 g/mol. The number of aromatic nitrogens is 1. The van der Waals surface area contributed by atoms with E-state index in [0.29, 0.717) is 23.7 Å². The molecule has 0 fully saturated rings. The van der Waals surface area contributed by atoms with Crippen molar-refractivity contribution in [2.45, 2.75) is 55.1 Å². The molecule has 2 atom stereocenters. The smallest absolute Gasteiger partial charge is 0.106 e. The zero-order valence-electron chi connectivity index (χ0n) is 26.3. The second-order valence-corrected chi connectivity index (χ2v) is 65.2. The maximum absolute atomic E-state index is 8.67. The molecule has 2 N–H and O–H groups in total. The average Bonchev–Trinajstić information content (AvgIpc) is 3.18. The fourth-order valence-corrected chi connectivity index (χ4v) is 83.6. The molecule has 0 bridgehead atoms. The van der Waals surface area contributed by atoms with Crippen molar-refractivity contribution in [3.63, 3.8) is 0 Å². The SMILES string of the molecule is CC(CCCO)SSc1ccccn1.CC(S)CCCO.S=S=S=S=S=S=S=S=S=S=S=S=S=S=S=S=S=S=S=S=S=S=S=S=S=S=S=S=S=S=S=S=S. The van der Waals surface area contributed by atoms with Gasteiger partial charge in [0, 0.05) is 322 Å². The normalized spacial score (nSPS) is 9.80. The summed E-state index contributed by atoms with van der Waals surface area (Å²) in [6, 6.07) is 5.93. The fraction of sp³-hybridized carbons (Fsp3) is 0.667. The van der Waals surface area contributed by atoms with Gasteiger partial charge in [-0.15, -0.1) is 0 Å². The minimum Gasteiger partial charge on any atom is -0.396 e. The van der Waals surface area contributed by atoms with Gasteiger partial charge in [0.15, 0.2) is 0 Å². The van der Waals surface area contributed by atoms with Crippen LogP contribution < -0.4 is 0 Å².